The summed E-state index contributed by atoms with van der Waals surface area (Å²) in [7, 11) is 0. The molecule has 2 aromatic rings. The van der Waals surface area contributed by atoms with Gasteiger partial charge in [-0.05, 0) is 48.1 Å². The number of aromatic nitrogens is 1. The number of nitrogens with zero attached hydrogens (tertiary/aromatic N) is 1. The highest BCUT2D eigenvalue weighted by atomic mass is 16.3. The van der Waals surface area contributed by atoms with Crippen LogP contribution in [-0.4, -0.2) is 16.0 Å². The van der Waals surface area contributed by atoms with Crippen molar-refractivity contribution >= 4 is 11.6 Å². The van der Waals surface area contributed by atoms with E-state index < -0.39 is 6.10 Å². The molecule has 1 heterocycles. The van der Waals surface area contributed by atoms with Crippen molar-refractivity contribution in [3.8, 4) is 0 Å². The highest BCUT2D eigenvalue weighted by molar-refractivity contribution is 5.91. The number of anilines is 1. The molecule has 2 atom stereocenters. The van der Waals surface area contributed by atoms with Crippen molar-refractivity contribution in [1.82, 2.24) is 4.98 Å². The van der Waals surface area contributed by atoms with Crippen LogP contribution >= 0.6 is 0 Å². The molecule has 0 unspecified atom stereocenters. The van der Waals surface area contributed by atoms with Crippen molar-refractivity contribution < 1.29 is 9.90 Å². The zero-order valence-corrected chi connectivity index (χ0v) is 14.8. The molecule has 2 N–H and O–H groups in total. The number of amides is 1. The Kier molecular flexibility index (Phi) is 6.10. The molecule has 24 heavy (non-hydrogen) atoms. The second kappa shape index (κ2) is 8.06. The summed E-state index contributed by atoms with van der Waals surface area (Å²) in [6, 6.07) is 11.0. The van der Waals surface area contributed by atoms with Gasteiger partial charge in [-0.3, -0.25) is 9.78 Å². The standard InChI is InChI=1S/C20H26N2O2/c1-13(2)15(4)11-19(23)22-18-12-16(9-8-14(18)3)20(24)17-7-5-6-10-21-17/h5-10,12-13,15,20,24H,11H2,1-4H3,(H,22,23)/t15-,20+/m1/s1. The number of benzene rings is 1. The summed E-state index contributed by atoms with van der Waals surface area (Å²) in [5.41, 5.74) is 3.01. The molecule has 0 aliphatic carbocycles. The Morgan fingerprint density at radius 3 is 2.58 bits per heavy atom. The van der Waals surface area contributed by atoms with Gasteiger partial charge in [0.2, 0.25) is 5.91 Å². The van der Waals surface area contributed by atoms with Gasteiger partial charge in [0.25, 0.3) is 0 Å². The Balaban J connectivity index is 2.15. The van der Waals surface area contributed by atoms with Gasteiger partial charge in [-0.15, -0.1) is 0 Å². The highest BCUT2D eigenvalue weighted by Gasteiger charge is 2.16. The Hall–Kier alpha value is -2.20. The predicted octanol–water partition coefficient (Wildman–Crippen LogP) is 4.09. The normalized spacial score (nSPS) is 13.6. The fraction of sp³-hybridized carbons (Fsp3) is 0.400. The molecule has 0 radical (unpaired) electrons. The third kappa shape index (κ3) is 4.65. The number of carbonyl (C=O) groups excluding carboxylic acids is 1. The van der Waals surface area contributed by atoms with Crippen LogP contribution < -0.4 is 5.32 Å². The summed E-state index contributed by atoms with van der Waals surface area (Å²) in [5.74, 6) is 0.797. The first-order valence-corrected chi connectivity index (χ1v) is 8.38. The van der Waals surface area contributed by atoms with E-state index in [1.165, 1.54) is 0 Å². The van der Waals surface area contributed by atoms with E-state index in [2.05, 4.69) is 31.1 Å². The molecule has 0 spiro atoms. The number of nitrogens with one attached hydrogen (secondary N) is 1. The predicted molar refractivity (Wildman–Crippen MR) is 96.7 cm³/mol. The number of hydrogen-bond donors (Lipinski definition) is 2. The first-order valence-electron chi connectivity index (χ1n) is 8.38. The topological polar surface area (TPSA) is 62.2 Å². The monoisotopic (exact) mass is 326 g/mol. The summed E-state index contributed by atoms with van der Waals surface area (Å²) in [5, 5.41) is 13.5. The third-order valence-electron chi connectivity index (χ3n) is 4.46. The third-order valence-corrected chi connectivity index (χ3v) is 4.46. The van der Waals surface area contributed by atoms with Gasteiger partial charge in [0, 0.05) is 18.3 Å². The van der Waals surface area contributed by atoms with Gasteiger partial charge in [-0.2, -0.15) is 0 Å². The van der Waals surface area contributed by atoms with Crippen LogP contribution in [0.5, 0.6) is 0 Å². The first kappa shape index (κ1) is 18.1. The van der Waals surface area contributed by atoms with Gasteiger partial charge >= 0.3 is 0 Å². The van der Waals surface area contributed by atoms with Gasteiger partial charge in [0.05, 0.1) is 5.69 Å². The van der Waals surface area contributed by atoms with E-state index in [4.69, 9.17) is 0 Å². The fourth-order valence-corrected chi connectivity index (χ4v) is 2.38. The number of aliphatic hydroxyl groups is 1. The van der Waals surface area contributed by atoms with Crippen LogP contribution in [0.2, 0.25) is 0 Å². The van der Waals surface area contributed by atoms with Crippen LogP contribution in [-0.2, 0) is 4.79 Å². The molecular formula is C20H26N2O2. The molecule has 4 heteroatoms. The molecule has 0 fully saturated rings. The maximum atomic E-state index is 12.2. The molecular weight excluding hydrogens is 300 g/mol. The molecule has 0 aliphatic rings. The van der Waals surface area contributed by atoms with Crippen molar-refractivity contribution in [2.45, 2.75) is 40.2 Å². The zero-order valence-electron chi connectivity index (χ0n) is 14.8. The Morgan fingerprint density at radius 1 is 1.21 bits per heavy atom. The van der Waals surface area contributed by atoms with E-state index in [-0.39, 0.29) is 5.91 Å². The molecule has 0 bridgehead atoms. The molecule has 128 valence electrons. The molecule has 4 nitrogen and oxygen atoms in total. The minimum Gasteiger partial charge on any atom is -0.382 e. The van der Waals surface area contributed by atoms with Crippen molar-refractivity contribution in [1.29, 1.82) is 0 Å². The minimum absolute atomic E-state index is 0.00350. The molecule has 0 saturated heterocycles. The minimum atomic E-state index is -0.808. The summed E-state index contributed by atoms with van der Waals surface area (Å²) in [6.07, 6.45) is 1.34. The van der Waals surface area contributed by atoms with Crippen molar-refractivity contribution in [2.75, 3.05) is 5.32 Å². The van der Waals surface area contributed by atoms with Gasteiger partial charge < -0.3 is 10.4 Å². The van der Waals surface area contributed by atoms with Crippen LogP contribution in [0, 0.1) is 18.8 Å². The average molecular weight is 326 g/mol. The van der Waals surface area contributed by atoms with Gasteiger partial charge in [0.1, 0.15) is 6.10 Å². The maximum Gasteiger partial charge on any atom is 0.224 e. The molecule has 0 aliphatic heterocycles. The van der Waals surface area contributed by atoms with Crippen molar-refractivity contribution in [2.24, 2.45) is 11.8 Å². The number of carbonyl (C=O) groups is 1. The second-order valence-electron chi connectivity index (χ2n) is 6.71. The van der Waals surface area contributed by atoms with E-state index >= 15 is 0 Å². The molecule has 1 amide bonds. The summed E-state index contributed by atoms with van der Waals surface area (Å²) in [6.45, 7) is 8.26. The van der Waals surface area contributed by atoms with Crippen LogP contribution in [0.25, 0.3) is 0 Å². The second-order valence-corrected chi connectivity index (χ2v) is 6.71. The van der Waals surface area contributed by atoms with Gasteiger partial charge in [-0.1, -0.05) is 39.0 Å². The Labute approximate surface area is 143 Å². The van der Waals surface area contributed by atoms with Gasteiger partial charge in [-0.25, -0.2) is 0 Å². The van der Waals surface area contributed by atoms with Crippen LogP contribution in [0.3, 0.4) is 0 Å². The lowest BCUT2D eigenvalue weighted by atomic mass is 9.94. The Morgan fingerprint density at radius 2 is 1.96 bits per heavy atom. The van der Waals surface area contributed by atoms with E-state index in [0.717, 1.165) is 11.3 Å². The van der Waals surface area contributed by atoms with Crippen molar-refractivity contribution in [3.63, 3.8) is 0 Å². The van der Waals surface area contributed by atoms with E-state index in [9.17, 15) is 9.90 Å². The average Bonchev–Trinajstić information content (AvgIpc) is 2.56. The first-order chi connectivity index (χ1) is 11.4. The maximum absolute atomic E-state index is 12.2. The summed E-state index contributed by atoms with van der Waals surface area (Å²) >= 11 is 0. The smallest absolute Gasteiger partial charge is 0.224 e. The van der Waals surface area contributed by atoms with Gasteiger partial charge in [0.15, 0.2) is 0 Å². The summed E-state index contributed by atoms with van der Waals surface area (Å²) in [4.78, 5) is 16.4. The fourth-order valence-electron chi connectivity index (χ4n) is 2.38. The number of hydrogen-bond acceptors (Lipinski definition) is 3. The Bertz CT molecular complexity index is 683. The van der Waals surface area contributed by atoms with Crippen LogP contribution in [0.4, 0.5) is 5.69 Å². The quantitative estimate of drug-likeness (QED) is 0.840. The molecule has 0 saturated carbocycles. The van der Waals surface area contributed by atoms with Crippen molar-refractivity contribution in [3.05, 3.63) is 59.4 Å². The number of pyridine rings is 1. The molecule has 1 aromatic heterocycles. The lowest BCUT2D eigenvalue weighted by Gasteiger charge is -2.17. The summed E-state index contributed by atoms with van der Waals surface area (Å²) < 4.78 is 0. The lowest BCUT2D eigenvalue weighted by Crippen LogP contribution is -2.18. The van der Waals surface area contributed by atoms with E-state index in [1.54, 1.807) is 12.3 Å². The molecule has 2 rings (SSSR count). The highest BCUT2D eigenvalue weighted by Crippen LogP contribution is 2.26. The number of aliphatic hydroxyl groups excluding tert-OH is 1. The SMILES string of the molecule is Cc1ccc([C@H](O)c2ccccn2)cc1NC(=O)C[C@@H](C)C(C)C. The lowest BCUT2D eigenvalue weighted by molar-refractivity contribution is -0.117. The number of rotatable bonds is 6. The van der Waals surface area contributed by atoms with Crippen LogP contribution in [0.1, 0.15) is 50.1 Å². The largest absolute Gasteiger partial charge is 0.382 e. The molecule has 1 aromatic carbocycles. The van der Waals surface area contributed by atoms with Crippen LogP contribution in [0.15, 0.2) is 42.6 Å². The van der Waals surface area contributed by atoms with E-state index in [0.29, 0.717) is 29.5 Å². The number of aryl methyl sites for hydroxylation is 1. The van der Waals surface area contributed by atoms with E-state index in [1.807, 2.05) is 37.3 Å². The zero-order chi connectivity index (χ0) is 17.7.